The Morgan fingerprint density at radius 1 is 0.939 bits per heavy atom. The topological polar surface area (TPSA) is 59.9 Å². The van der Waals surface area contributed by atoms with E-state index in [9.17, 15) is 4.79 Å². The van der Waals surface area contributed by atoms with Crippen molar-refractivity contribution in [1.82, 2.24) is 5.43 Å². The zero-order valence-corrected chi connectivity index (χ0v) is 19.2. The van der Waals surface area contributed by atoms with E-state index < -0.39 is 0 Å². The standard InChI is InChI=1S/C26H20Cl2N2O3/c1-32-24-13-12-17(14-25(24)33-16-21-22(27)10-5-11-23(21)28)15-29-30-26(31)20-9-4-7-18-6-2-3-8-19(18)20/h2-15H,16H2,1H3,(H,30,31)/b29-15-. The molecular weight excluding hydrogens is 459 g/mol. The Kier molecular flexibility index (Phi) is 7.13. The number of hydrogen-bond acceptors (Lipinski definition) is 4. The van der Waals surface area contributed by atoms with E-state index in [-0.39, 0.29) is 12.5 Å². The molecule has 0 radical (unpaired) electrons. The average Bonchev–Trinajstić information content (AvgIpc) is 2.83. The molecule has 0 atom stereocenters. The number of carbonyl (C=O) groups is 1. The first-order valence-corrected chi connectivity index (χ1v) is 10.9. The first-order chi connectivity index (χ1) is 16.1. The summed E-state index contributed by atoms with van der Waals surface area (Å²) in [6, 6.07) is 23.9. The third kappa shape index (κ3) is 5.28. The molecule has 1 N–H and O–H groups in total. The molecule has 0 unspecified atom stereocenters. The van der Waals surface area contributed by atoms with E-state index in [1.807, 2.05) is 42.5 Å². The summed E-state index contributed by atoms with van der Waals surface area (Å²) in [7, 11) is 1.56. The minimum Gasteiger partial charge on any atom is -0.493 e. The molecule has 0 saturated carbocycles. The zero-order valence-electron chi connectivity index (χ0n) is 17.7. The van der Waals surface area contributed by atoms with E-state index in [0.29, 0.717) is 38.2 Å². The molecule has 5 nitrogen and oxygen atoms in total. The molecule has 33 heavy (non-hydrogen) atoms. The van der Waals surface area contributed by atoms with Gasteiger partial charge in [0.1, 0.15) is 6.61 Å². The Labute approximate surface area is 201 Å². The molecule has 7 heteroatoms. The SMILES string of the molecule is COc1ccc(/C=N\NC(=O)c2cccc3ccccc23)cc1OCc1c(Cl)cccc1Cl. The van der Waals surface area contributed by atoms with Gasteiger partial charge in [-0.05, 0) is 52.7 Å². The quantitative estimate of drug-likeness (QED) is 0.243. The summed E-state index contributed by atoms with van der Waals surface area (Å²) in [5.41, 5.74) is 4.54. The van der Waals surface area contributed by atoms with Gasteiger partial charge in [-0.2, -0.15) is 5.10 Å². The molecule has 0 aromatic heterocycles. The predicted molar refractivity (Wildman–Crippen MR) is 133 cm³/mol. The molecule has 0 bridgehead atoms. The molecule has 4 aromatic rings. The van der Waals surface area contributed by atoms with Gasteiger partial charge in [0.15, 0.2) is 11.5 Å². The third-order valence-corrected chi connectivity index (χ3v) is 5.74. The van der Waals surface area contributed by atoms with E-state index in [0.717, 1.165) is 10.8 Å². The predicted octanol–water partition coefficient (Wildman–Crippen LogP) is 6.50. The van der Waals surface area contributed by atoms with Crippen molar-refractivity contribution in [2.24, 2.45) is 5.10 Å². The van der Waals surface area contributed by atoms with Gasteiger partial charge in [0.2, 0.25) is 0 Å². The van der Waals surface area contributed by atoms with Crippen LogP contribution in [0.25, 0.3) is 10.8 Å². The minimum absolute atomic E-state index is 0.174. The first-order valence-electron chi connectivity index (χ1n) is 10.1. The van der Waals surface area contributed by atoms with Crippen LogP contribution < -0.4 is 14.9 Å². The van der Waals surface area contributed by atoms with E-state index in [4.69, 9.17) is 32.7 Å². The number of nitrogens with one attached hydrogen (secondary N) is 1. The molecule has 4 aromatic carbocycles. The van der Waals surface area contributed by atoms with Crippen LogP contribution in [-0.4, -0.2) is 19.2 Å². The molecule has 1 amide bonds. The fourth-order valence-corrected chi connectivity index (χ4v) is 3.86. The second kappa shape index (κ2) is 10.4. The largest absolute Gasteiger partial charge is 0.493 e. The Hall–Kier alpha value is -3.54. The number of benzene rings is 4. The van der Waals surface area contributed by atoms with E-state index >= 15 is 0 Å². The summed E-state index contributed by atoms with van der Waals surface area (Å²) in [6.45, 7) is 0.174. The monoisotopic (exact) mass is 478 g/mol. The number of ether oxygens (including phenoxy) is 2. The molecule has 0 fully saturated rings. The average molecular weight is 479 g/mol. The van der Waals surface area contributed by atoms with Crippen molar-refractivity contribution in [3.63, 3.8) is 0 Å². The first kappa shape index (κ1) is 22.6. The maximum Gasteiger partial charge on any atom is 0.271 e. The molecule has 0 saturated heterocycles. The van der Waals surface area contributed by atoms with Gasteiger partial charge >= 0.3 is 0 Å². The number of halogens is 2. The fourth-order valence-electron chi connectivity index (χ4n) is 3.36. The Morgan fingerprint density at radius 2 is 1.67 bits per heavy atom. The molecule has 0 heterocycles. The Balaban J connectivity index is 1.48. The highest BCUT2D eigenvalue weighted by Gasteiger charge is 2.11. The molecule has 0 aliphatic rings. The van der Waals surface area contributed by atoms with Gasteiger partial charge in [0.05, 0.1) is 13.3 Å². The van der Waals surface area contributed by atoms with E-state index in [2.05, 4.69) is 10.5 Å². The van der Waals surface area contributed by atoms with Crippen molar-refractivity contribution in [3.05, 3.63) is 106 Å². The highest BCUT2D eigenvalue weighted by Crippen LogP contribution is 2.31. The van der Waals surface area contributed by atoms with E-state index in [1.54, 1.807) is 43.5 Å². The molecule has 4 rings (SSSR count). The van der Waals surface area contributed by atoms with Crippen molar-refractivity contribution in [3.8, 4) is 11.5 Å². The lowest BCUT2D eigenvalue weighted by molar-refractivity contribution is 0.0957. The lowest BCUT2D eigenvalue weighted by Gasteiger charge is -2.13. The summed E-state index contributed by atoms with van der Waals surface area (Å²) in [4.78, 5) is 12.6. The van der Waals surface area contributed by atoms with Gasteiger partial charge in [0, 0.05) is 21.2 Å². The van der Waals surface area contributed by atoms with Crippen LogP contribution in [0.1, 0.15) is 21.5 Å². The van der Waals surface area contributed by atoms with Crippen molar-refractivity contribution < 1.29 is 14.3 Å². The summed E-state index contributed by atoms with van der Waals surface area (Å²) < 4.78 is 11.3. The third-order valence-electron chi connectivity index (χ3n) is 5.04. The van der Waals surface area contributed by atoms with Crippen LogP contribution in [0.4, 0.5) is 0 Å². The second-order valence-electron chi connectivity index (χ2n) is 7.13. The summed E-state index contributed by atoms with van der Waals surface area (Å²) in [5.74, 6) is 0.759. The molecule has 0 spiro atoms. The van der Waals surface area contributed by atoms with Gasteiger partial charge in [-0.3, -0.25) is 4.79 Å². The van der Waals surface area contributed by atoms with Gasteiger partial charge in [0.25, 0.3) is 5.91 Å². The number of rotatable bonds is 7. The normalized spacial score (nSPS) is 11.0. The van der Waals surface area contributed by atoms with Crippen LogP contribution in [-0.2, 0) is 6.61 Å². The number of hydrogen-bond donors (Lipinski definition) is 1. The van der Waals surface area contributed by atoms with Gasteiger partial charge in [-0.15, -0.1) is 0 Å². The number of methoxy groups -OCH3 is 1. The van der Waals surface area contributed by atoms with Crippen molar-refractivity contribution in [1.29, 1.82) is 0 Å². The number of hydrazone groups is 1. The number of fused-ring (bicyclic) bond motifs is 1. The molecule has 0 aliphatic carbocycles. The lowest BCUT2D eigenvalue weighted by atomic mass is 10.0. The van der Waals surface area contributed by atoms with Crippen LogP contribution in [0, 0.1) is 0 Å². The number of nitrogens with zero attached hydrogens (tertiary/aromatic N) is 1. The van der Waals surface area contributed by atoms with Crippen molar-refractivity contribution in [2.75, 3.05) is 7.11 Å². The maximum absolute atomic E-state index is 12.6. The van der Waals surface area contributed by atoms with E-state index in [1.165, 1.54) is 6.21 Å². The smallest absolute Gasteiger partial charge is 0.271 e. The summed E-state index contributed by atoms with van der Waals surface area (Å²) in [5, 5.41) is 7.01. The van der Waals surface area contributed by atoms with Crippen LogP contribution in [0.2, 0.25) is 10.0 Å². The summed E-state index contributed by atoms with van der Waals surface area (Å²) >= 11 is 12.5. The van der Waals surface area contributed by atoms with Crippen LogP contribution in [0.15, 0.2) is 84.0 Å². The summed E-state index contributed by atoms with van der Waals surface area (Å²) in [6.07, 6.45) is 1.54. The minimum atomic E-state index is -0.290. The fraction of sp³-hybridized carbons (Fsp3) is 0.0769. The Bertz CT molecular complexity index is 1310. The van der Waals surface area contributed by atoms with Crippen LogP contribution in [0.5, 0.6) is 11.5 Å². The highest BCUT2D eigenvalue weighted by molar-refractivity contribution is 6.35. The van der Waals surface area contributed by atoms with Crippen molar-refractivity contribution in [2.45, 2.75) is 6.61 Å². The number of carbonyl (C=O) groups excluding carboxylic acids is 1. The molecule has 166 valence electrons. The molecular formula is C26H20Cl2N2O3. The van der Waals surface area contributed by atoms with Gasteiger partial charge in [-0.25, -0.2) is 5.43 Å². The van der Waals surface area contributed by atoms with Gasteiger partial charge < -0.3 is 9.47 Å². The van der Waals surface area contributed by atoms with Crippen molar-refractivity contribution >= 4 is 46.1 Å². The zero-order chi connectivity index (χ0) is 23.2. The molecule has 0 aliphatic heterocycles. The lowest BCUT2D eigenvalue weighted by Crippen LogP contribution is -2.17. The Morgan fingerprint density at radius 3 is 2.45 bits per heavy atom. The maximum atomic E-state index is 12.6. The van der Waals surface area contributed by atoms with Gasteiger partial charge in [-0.1, -0.05) is 65.7 Å². The van der Waals surface area contributed by atoms with Crippen LogP contribution >= 0.6 is 23.2 Å². The highest BCUT2D eigenvalue weighted by atomic mass is 35.5. The number of amides is 1. The second-order valence-corrected chi connectivity index (χ2v) is 7.94. The van der Waals surface area contributed by atoms with Crippen LogP contribution in [0.3, 0.4) is 0 Å².